The number of carboxylic acids is 1. The van der Waals surface area contributed by atoms with Crippen LogP contribution < -0.4 is 9.47 Å². The summed E-state index contributed by atoms with van der Waals surface area (Å²) in [5.41, 5.74) is 2.61. The molecule has 140 valence electrons. The number of thiazole rings is 1. The molecule has 0 bridgehead atoms. The smallest absolute Gasteiger partial charge is 0.303 e. The van der Waals surface area contributed by atoms with Gasteiger partial charge in [0.1, 0.15) is 5.01 Å². The van der Waals surface area contributed by atoms with Crippen LogP contribution >= 0.6 is 11.3 Å². The maximum atomic E-state index is 11.1. The summed E-state index contributed by atoms with van der Waals surface area (Å²) in [4.78, 5) is 15.8. The molecule has 0 spiro atoms. The molecule has 0 radical (unpaired) electrons. The van der Waals surface area contributed by atoms with Crippen LogP contribution in [0.25, 0.3) is 21.9 Å². The molecule has 5 nitrogen and oxygen atoms in total. The lowest BCUT2D eigenvalue weighted by Gasteiger charge is -2.12. The SMILES string of the molecule is CCOc1cccc(/C=C(/CCC(=O)O)c2nc3ccccc3s2)c1OC. The van der Waals surface area contributed by atoms with E-state index in [2.05, 4.69) is 4.98 Å². The number of aliphatic carboxylic acids is 1. The second-order valence-corrected chi connectivity index (χ2v) is 6.89. The average Bonchev–Trinajstić information content (AvgIpc) is 3.09. The van der Waals surface area contributed by atoms with E-state index < -0.39 is 5.97 Å². The molecule has 0 atom stereocenters. The molecule has 2 aromatic carbocycles. The quantitative estimate of drug-likeness (QED) is 0.585. The summed E-state index contributed by atoms with van der Waals surface area (Å²) in [6.07, 6.45) is 2.37. The van der Waals surface area contributed by atoms with Gasteiger partial charge < -0.3 is 14.6 Å². The fraction of sp³-hybridized carbons (Fsp3) is 0.238. The number of aromatic nitrogens is 1. The number of carbonyl (C=O) groups is 1. The molecule has 27 heavy (non-hydrogen) atoms. The molecular formula is C21H21NO4S. The lowest BCUT2D eigenvalue weighted by molar-refractivity contribution is -0.136. The van der Waals surface area contributed by atoms with Crippen molar-refractivity contribution in [2.24, 2.45) is 0 Å². The minimum atomic E-state index is -0.836. The zero-order valence-electron chi connectivity index (χ0n) is 15.3. The van der Waals surface area contributed by atoms with E-state index in [1.807, 2.05) is 55.5 Å². The first kappa shape index (κ1) is 18.9. The average molecular weight is 383 g/mol. The van der Waals surface area contributed by atoms with Crippen molar-refractivity contribution in [1.29, 1.82) is 0 Å². The van der Waals surface area contributed by atoms with E-state index in [-0.39, 0.29) is 6.42 Å². The lowest BCUT2D eigenvalue weighted by atomic mass is 10.1. The highest BCUT2D eigenvalue weighted by Crippen LogP contribution is 2.36. The Morgan fingerprint density at radius 3 is 2.70 bits per heavy atom. The Kier molecular flexibility index (Phi) is 6.08. The van der Waals surface area contributed by atoms with Gasteiger partial charge >= 0.3 is 5.97 Å². The van der Waals surface area contributed by atoms with E-state index in [9.17, 15) is 4.79 Å². The lowest BCUT2D eigenvalue weighted by Crippen LogP contribution is -1.98. The number of ether oxygens (including phenoxy) is 2. The summed E-state index contributed by atoms with van der Waals surface area (Å²) in [5, 5.41) is 9.96. The fourth-order valence-corrected chi connectivity index (χ4v) is 3.82. The van der Waals surface area contributed by atoms with Gasteiger partial charge in [-0.3, -0.25) is 4.79 Å². The molecule has 6 heteroatoms. The van der Waals surface area contributed by atoms with Gasteiger partial charge in [-0.1, -0.05) is 24.3 Å². The van der Waals surface area contributed by atoms with E-state index >= 15 is 0 Å². The maximum Gasteiger partial charge on any atom is 0.303 e. The van der Waals surface area contributed by atoms with Crippen LogP contribution in [0.15, 0.2) is 42.5 Å². The van der Waals surface area contributed by atoms with Crippen molar-refractivity contribution in [2.45, 2.75) is 19.8 Å². The van der Waals surface area contributed by atoms with Gasteiger partial charge in [0, 0.05) is 12.0 Å². The number of fused-ring (bicyclic) bond motifs is 1. The summed E-state index contributed by atoms with van der Waals surface area (Å²) in [5.74, 6) is 0.459. The van der Waals surface area contributed by atoms with E-state index in [0.717, 1.165) is 26.4 Å². The third-order valence-electron chi connectivity index (χ3n) is 4.02. The largest absolute Gasteiger partial charge is 0.492 e. The van der Waals surface area contributed by atoms with Gasteiger partial charge in [0.2, 0.25) is 0 Å². The molecular weight excluding hydrogens is 362 g/mol. The summed E-state index contributed by atoms with van der Waals surface area (Å²) >= 11 is 1.56. The molecule has 3 aromatic rings. The Bertz CT molecular complexity index is 944. The third-order valence-corrected chi connectivity index (χ3v) is 5.13. The van der Waals surface area contributed by atoms with Crippen molar-refractivity contribution in [3.63, 3.8) is 0 Å². The Balaban J connectivity index is 2.07. The Hall–Kier alpha value is -2.86. The first-order valence-corrected chi connectivity index (χ1v) is 9.52. The number of benzene rings is 2. The van der Waals surface area contributed by atoms with E-state index in [4.69, 9.17) is 14.6 Å². The summed E-state index contributed by atoms with van der Waals surface area (Å²) in [6, 6.07) is 13.6. The molecule has 0 saturated heterocycles. The number of carboxylic acid groups (broad SMARTS) is 1. The molecule has 0 aliphatic rings. The summed E-state index contributed by atoms with van der Waals surface area (Å²) in [6.45, 7) is 2.45. The second kappa shape index (κ2) is 8.68. The van der Waals surface area contributed by atoms with Crippen molar-refractivity contribution in [2.75, 3.05) is 13.7 Å². The standard InChI is InChI=1S/C21H21NO4S/c1-3-26-17-9-6-7-14(20(17)25-2)13-15(11-12-19(23)24)21-22-16-8-4-5-10-18(16)27-21/h4-10,13H,3,11-12H2,1-2H3,(H,23,24)/b15-13-. The molecule has 0 unspecified atom stereocenters. The molecule has 0 aliphatic carbocycles. The molecule has 0 saturated carbocycles. The normalized spacial score (nSPS) is 11.6. The molecule has 0 aliphatic heterocycles. The van der Waals surface area contributed by atoms with Crippen LogP contribution in [-0.4, -0.2) is 29.8 Å². The van der Waals surface area contributed by atoms with Crippen LogP contribution in [0.4, 0.5) is 0 Å². The van der Waals surface area contributed by atoms with Crippen molar-refractivity contribution in [3.05, 3.63) is 53.0 Å². The molecule has 1 aromatic heterocycles. The molecule has 1 N–H and O–H groups in total. The Morgan fingerprint density at radius 1 is 1.19 bits per heavy atom. The highest BCUT2D eigenvalue weighted by molar-refractivity contribution is 7.19. The number of methoxy groups -OCH3 is 1. The predicted molar refractivity (Wildman–Crippen MR) is 109 cm³/mol. The van der Waals surface area contributed by atoms with E-state index in [1.165, 1.54) is 0 Å². The van der Waals surface area contributed by atoms with Crippen LogP contribution in [0.1, 0.15) is 30.3 Å². The minimum Gasteiger partial charge on any atom is -0.492 e. The Morgan fingerprint density at radius 2 is 2.00 bits per heavy atom. The van der Waals surface area contributed by atoms with Crippen LogP contribution in [0.3, 0.4) is 0 Å². The van der Waals surface area contributed by atoms with E-state index in [0.29, 0.717) is 24.5 Å². The third kappa shape index (κ3) is 4.46. The molecule has 3 rings (SSSR count). The van der Waals surface area contributed by atoms with Crippen molar-refractivity contribution in [3.8, 4) is 11.5 Å². The summed E-state index contributed by atoms with van der Waals surface area (Å²) in [7, 11) is 1.60. The van der Waals surface area contributed by atoms with E-state index in [1.54, 1.807) is 18.4 Å². The zero-order valence-corrected chi connectivity index (χ0v) is 16.1. The van der Waals surface area contributed by atoms with Crippen LogP contribution in [0.2, 0.25) is 0 Å². The number of nitrogens with zero attached hydrogens (tertiary/aromatic N) is 1. The van der Waals surface area contributed by atoms with Crippen molar-refractivity contribution >= 4 is 39.2 Å². The number of hydrogen-bond acceptors (Lipinski definition) is 5. The van der Waals surface area contributed by atoms with Gasteiger partial charge in [0.15, 0.2) is 11.5 Å². The van der Waals surface area contributed by atoms with Crippen LogP contribution in [-0.2, 0) is 4.79 Å². The number of rotatable bonds is 8. The number of para-hydroxylation sites is 2. The number of allylic oxidation sites excluding steroid dienone is 1. The second-order valence-electron chi connectivity index (χ2n) is 5.86. The van der Waals surface area contributed by atoms with Gasteiger partial charge in [-0.25, -0.2) is 4.98 Å². The van der Waals surface area contributed by atoms with Crippen LogP contribution in [0.5, 0.6) is 11.5 Å². The first-order chi connectivity index (χ1) is 13.1. The van der Waals surface area contributed by atoms with Crippen molar-refractivity contribution < 1.29 is 19.4 Å². The first-order valence-electron chi connectivity index (χ1n) is 8.70. The van der Waals surface area contributed by atoms with Gasteiger partial charge in [-0.15, -0.1) is 11.3 Å². The predicted octanol–water partition coefficient (Wildman–Crippen LogP) is 5.11. The van der Waals surface area contributed by atoms with Gasteiger partial charge in [-0.2, -0.15) is 0 Å². The van der Waals surface area contributed by atoms with Crippen LogP contribution in [0, 0.1) is 0 Å². The summed E-state index contributed by atoms with van der Waals surface area (Å²) < 4.78 is 12.3. The topological polar surface area (TPSA) is 68.7 Å². The highest BCUT2D eigenvalue weighted by atomic mass is 32.1. The molecule has 1 heterocycles. The van der Waals surface area contributed by atoms with Gasteiger partial charge in [-0.05, 0) is 43.2 Å². The molecule has 0 fully saturated rings. The molecule has 0 amide bonds. The Labute approximate surface area is 161 Å². The fourth-order valence-electron chi connectivity index (χ4n) is 2.81. The maximum absolute atomic E-state index is 11.1. The van der Waals surface area contributed by atoms with Gasteiger partial charge in [0.05, 0.1) is 23.9 Å². The number of hydrogen-bond donors (Lipinski definition) is 1. The monoisotopic (exact) mass is 383 g/mol. The minimum absolute atomic E-state index is 0.0369. The van der Waals surface area contributed by atoms with Gasteiger partial charge in [0.25, 0.3) is 0 Å². The highest BCUT2D eigenvalue weighted by Gasteiger charge is 2.14. The van der Waals surface area contributed by atoms with Crippen molar-refractivity contribution in [1.82, 2.24) is 4.98 Å². The zero-order chi connectivity index (χ0) is 19.2.